The Morgan fingerprint density at radius 2 is 2.11 bits per heavy atom. The second kappa shape index (κ2) is 6.38. The third-order valence-corrected chi connectivity index (χ3v) is 3.27. The van der Waals surface area contributed by atoms with Gasteiger partial charge in [0.2, 0.25) is 0 Å². The summed E-state index contributed by atoms with van der Waals surface area (Å²) in [7, 11) is 1.63. The van der Waals surface area contributed by atoms with Crippen LogP contribution in [0.5, 0.6) is 5.75 Å². The first-order valence-electron chi connectivity index (χ1n) is 6.46. The molecule has 1 fully saturated rings. The van der Waals surface area contributed by atoms with Crippen molar-refractivity contribution in [3.05, 3.63) is 30.3 Å². The molecule has 2 rings (SSSR count). The number of nitrogens with one attached hydrogen (secondary N) is 1. The van der Waals surface area contributed by atoms with Crippen LogP contribution in [0.4, 0.5) is 5.69 Å². The Labute approximate surface area is 114 Å². The summed E-state index contributed by atoms with van der Waals surface area (Å²) in [6.07, 6.45) is 2.24. The van der Waals surface area contributed by atoms with E-state index in [1.165, 1.54) is 0 Å². The molecule has 1 aliphatic heterocycles. The molecule has 1 heterocycles. The number of nitrogens with zero attached hydrogens (tertiary/aromatic N) is 1. The fraction of sp³-hybridized carbons (Fsp3) is 0.400. The highest BCUT2D eigenvalue weighted by Crippen LogP contribution is 2.31. The standard InChI is InChI=1S/C15H20N2O2/c1-11(19-12-6-8-17-9-7-12)14-5-4-13(18-3)10-15(14)16-2/h4-5,10,12,17H,1-2,6-9H2,3H3. The number of methoxy groups -OCH3 is 1. The zero-order chi connectivity index (χ0) is 13.7. The van der Waals surface area contributed by atoms with Crippen molar-refractivity contribution < 1.29 is 9.47 Å². The minimum absolute atomic E-state index is 0.230. The van der Waals surface area contributed by atoms with Crippen LogP contribution in [0.25, 0.3) is 5.76 Å². The lowest BCUT2D eigenvalue weighted by molar-refractivity contribution is 0.132. The molecular weight excluding hydrogens is 240 g/mol. The van der Waals surface area contributed by atoms with Gasteiger partial charge in [0.25, 0.3) is 0 Å². The lowest BCUT2D eigenvalue weighted by Crippen LogP contribution is -2.32. The van der Waals surface area contributed by atoms with E-state index in [0.717, 1.165) is 42.9 Å². The Balaban J connectivity index is 2.11. The summed E-state index contributed by atoms with van der Waals surface area (Å²) in [4.78, 5) is 4.01. The average molecular weight is 260 g/mol. The molecule has 1 N–H and O–H groups in total. The highest BCUT2D eigenvalue weighted by atomic mass is 16.5. The largest absolute Gasteiger partial charge is 0.497 e. The third kappa shape index (κ3) is 3.35. The predicted octanol–water partition coefficient (Wildman–Crippen LogP) is 2.77. The Morgan fingerprint density at radius 3 is 2.74 bits per heavy atom. The highest BCUT2D eigenvalue weighted by Gasteiger charge is 2.17. The van der Waals surface area contributed by atoms with Gasteiger partial charge in [0.1, 0.15) is 17.6 Å². The molecule has 0 bridgehead atoms. The fourth-order valence-electron chi connectivity index (χ4n) is 2.18. The molecule has 0 radical (unpaired) electrons. The van der Waals surface area contributed by atoms with E-state index in [2.05, 4.69) is 23.6 Å². The van der Waals surface area contributed by atoms with Crippen molar-refractivity contribution in [2.24, 2.45) is 4.99 Å². The van der Waals surface area contributed by atoms with E-state index in [1.807, 2.05) is 18.2 Å². The summed E-state index contributed by atoms with van der Waals surface area (Å²) in [6.45, 7) is 9.58. The summed E-state index contributed by atoms with van der Waals surface area (Å²) in [5, 5.41) is 3.31. The summed E-state index contributed by atoms with van der Waals surface area (Å²) < 4.78 is 11.1. The zero-order valence-corrected chi connectivity index (χ0v) is 11.3. The molecule has 0 amide bonds. The summed E-state index contributed by atoms with van der Waals surface area (Å²) in [6, 6.07) is 5.62. The zero-order valence-electron chi connectivity index (χ0n) is 11.3. The van der Waals surface area contributed by atoms with Gasteiger partial charge in [-0.05, 0) is 44.8 Å². The van der Waals surface area contributed by atoms with Crippen molar-refractivity contribution in [2.45, 2.75) is 18.9 Å². The normalized spacial score (nSPS) is 15.8. The highest BCUT2D eigenvalue weighted by molar-refractivity contribution is 5.72. The van der Waals surface area contributed by atoms with Gasteiger partial charge in [-0.3, -0.25) is 4.99 Å². The molecule has 0 unspecified atom stereocenters. The van der Waals surface area contributed by atoms with Crippen LogP contribution in [0.2, 0.25) is 0 Å². The van der Waals surface area contributed by atoms with Crippen molar-refractivity contribution in [1.82, 2.24) is 5.32 Å². The third-order valence-electron chi connectivity index (χ3n) is 3.27. The Hall–Kier alpha value is -1.81. The predicted molar refractivity (Wildman–Crippen MR) is 78.2 cm³/mol. The van der Waals surface area contributed by atoms with Gasteiger partial charge in [0, 0.05) is 11.6 Å². The maximum Gasteiger partial charge on any atom is 0.121 e. The molecule has 0 saturated carbocycles. The Morgan fingerprint density at radius 1 is 1.37 bits per heavy atom. The van der Waals surface area contributed by atoms with Gasteiger partial charge in [-0.1, -0.05) is 6.58 Å². The average Bonchev–Trinajstić information content (AvgIpc) is 2.47. The van der Waals surface area contributed by atoms with Gasteiger partial charge in [0.15, 0.2) is 0 Å². The van der Waals surface area contributed by atoms with Crippen LogP contribution in [-0.2, 0) is 4.74 Å². The van der Waals surface area contributed by atoms with E-state index in [1.54, 1.807) is 7.11 Å². The summed E-state index contributed by atoms with van der Waals surface area (Å²) >= 11 is 0. The molecular formula is C15H20N2O2. The van der Waals surface area contributed by atoms with Crippen LogP contribution in [0.3, 0.4) is 0 Å². The number of rotatable bonds is 5. The van der Waals surface area contributed by atoms with Crippen LogP contribution < -0.4 is 10.1 Å². The van der Waals surface area contributed by atoms with Crippen molar-refractivity contribution in [3.8, 4) is 5.75 Å². The van der Waals surface area contributed by atoms with E-state index in [4.69, 9.17) is 9.47 Å². The molecule has 0 spiro atoms. The van der Waals surface area contributed by atoms with E-state index in [0.29, 0.717) is 5.76 Å². The smallest absolute Gasteiger partial charge is 0.121 e. The SMILES string of the molecule is C=Nc1cc(OC)ccc1C(=C)OC1CCNCC1. The second-order valence-corrected chi connectivity index (χ2v) is 4.53. The van der Waals surface area contributed by atoms with Gasteiger partial charge >= 0.3 is 0 Å². The molecule has 4 heteroatoms. The number of hydrogen-bond donors (Lipinski definition) is 1. The number of aliphatic imine (C=N–C) groups is 1. The van der Waals surface area contributed by atoms with Gasteiger partial charge < -0.3 is 14.8 Å². The topological polar surface area (TPSA) is 42.9 Å². The van der Waals surface area contributed by atoms with Crippen LogP contribution >= 0.6 is 0 Å². The first-order chi connectivity index (χ1) is 9.24. The molecule has 1 aliphatic rings. The minimum atomic E-state index is 0.230. The van der Waals surface area contributed by atoms with Crippen molar-refractivity contribution in [3.63, 3.8) is 0 Å². The lowest BCUT2D eigenvalue weighted by atomic mass is 10.1. The van der Waals surface area contributed by atoms with Gasteiger partial charge in [-0.25, -0.2) is 0 Å². The molecule has 1 aromatic rings. The maximum atomic E-state index is 5.93. The molecule has 0 aromatic heterocycles. The van der Waals surface area contributed by atoms with E-state index in [9.17, 15) is 0 Å². The van der Waals surface area contributed by atoms with Gasteiger partial charge in [-0.2, -0.15) is 0 Å². The van der Waals surface area contributed by atoms with E-state index >= 15 is 0 Å². The first kappa shape index (κ1) is 13.6. The molecule has 0 atom stereocenters. The Kier molecular flexibility index (Phi) is 4.58. The summed E-state index contributed by atoms with van der Waals surface area (Å²) in [5.74, 6) is 1.40. The van der Waals surface area contributed by atoms with E-state index in [-0.39, 0.29) is 6.10 Å². The number of ether oxygens (including phenoxy) is 2. The molecule has 1 saturated heterocycles. The first-order valence-corrected chi connectivity index (χ1v) is 6.46. The fourth-order valence-corrected chi connectivity index (χ4v) is 2.18. The van der Waals surface area contributed by atoms with Crippen molar-refractivity contribution >= 4 is 18.2 Å². The summed E-state index contributed by atoms with van der Waals surface area (Å²) in [5.41, 5.74) is 1.60. The quantitative estimate of drug-likeness (QED) is 0.654. The van der Waals surface area contributed by atoms with Crippen LogP contribution in [0.1, 0.15) is 18.4 Å². The number of benzene rings is 1. The van der Waals surface area contributed by atoms with Crippen molar-refractivity contribution in [2.75, 3.05) is 20.2 Å². The molecule has 1 aromatic carbocycles. The molecule has 4 nitrogen and oxygen atoms in total. The van der Waals surface area contributed by atoms with E-state index < -0.39 is 0 Å². The molecule has 102 valence electrons. The van der Waals surface area contributed by atoms with Crippen molar-refractivity contribution in [1.29, 1.82) is 0 Å². The van der Waals surface area contributed by atoms with Crippen LogP contribution in [-0.4, -0.2) is 33.0 Å². The monoisotopic (exact) mass is 260 g/mol. The maximum absolute atomic E-state index is 5.93. The second-order valence-electron chi connectivity index (χ2n) is 4.53. The van der Waals surface area contributed by atoms with Gasteiger partial charge in [0.05, 0.1) is 12.8 Å². The van der Waals surface area contributed by atoms with Crippen LogP contribution in [0.15, 0.2) is 29.8 Å². The molecule has 0 aliphatic carbocycles. The molecule has 19 heavy (non-hydrogen) atoms. The van der Waals surface area contributed by atoms with Crippen LogP contribution in [0, 0.1) is 0 Å². The number of hydrogen-bond acceptors (Lipinski definition) is 4. The Bertz CT molecular complexity index is 465. The minimum Gasteiger partial charge on any atom is -0.497 e. The number of piperidine rings is 1. The lowest BCUT2D eigenvalue weighted by Gasteiger charge is -2.25. The van der Waals surface area contributed by atoms with Gasteiger partial charge in [-0.15, -0.1) is 0 Å².